The van der Waals surface area contributed by atoms with Crippen molar-refractivity contribution in [2.75, 3.05) is 0 Å². The predicted octanol–water partition coefficient (Wildman–Crippen LogP) is 8.13. The molecule has 7 aromatic rings. The van der Waals surface area contributed by atoms with E-state index in [1.165, 1.54) is 83.0 Å². The highest BCUT2D eigenvalue weighted by atomic mass is 15.3. The van der Waals surface area contributed by atoms with Gasteiger partial charge in [0.25, 0.3) is 0 Å². The fourth-order valence-corrected chi connectivity index (χ4v) is 9.63. The number of hydrogen-bond acceptors (Lipinski definition) is 0. The standard InChI is InChI=1S/C42H30N2/c1-40(2,3)27-20-22-35-30-13-8-16-33-37(30)42(44(35)24-27)38-34(21-19-25-17-18-26-10-9-23-43(42)39(26)36(25)38)41(33)31-14-6-4-11-28(31)29-12-5-7-15-32(29)41/h4-24H,1-3H3/q+2. The molecule has 0 bridgehead atoms. The van der Waals surface area contributed by atoms with Gasteiger partial charge in [0, 0.05) is 23.1 Å². The van der Waals surface area contributed by atoms with E-state index in [-0.39, 0.29) is 5.41 Å². The van der Waals surface area contributed by atoms with Gasteiger partial charge in [0.05, 0.1) is 16.4 Å². The van der Waals surface area contributed by atoms with Crippen LogP contribution in [0.25, 0.3) is 44.1 Å². The first-order valence-corrected chi connectivity index (χ1v) is 15.8. The van der Waals surface area contributed by atoms with Gasteiger partial charge < -0.3 is 0 Å². The highest BCUT2D eigenvalue weighted by Crippen LogP contribution is 2.65. The highest BCUT2D eigenvalue weighted by molar-refractivity contribution is 6.09. The summed E-state index contributed by atoms with van der Waals surface area (Å²) < 4.78 is 5.26. The third kappa shape index (κ3) is 2.24. The lowest BCUT2D eigenvalue weighted by Crippen LogP contribution is -2.73. The van der Waals surface area contributed by atoms with Crippen LogP contribution in [-0.2, 0) is 16.5 Å². The van der Waals surface area contributed by atoms with Crippen molar-refractivity contribution in [3.63, 3.8) is 0 Å². The monoisotopic (exact) mass is 562 g/mol. The van der Waals surface area contributed by atoms with Gasteiger partial charge in [-0.15, -0.1) is 9.13 Å². The summed E-state index contributed by atoms with van der Waals surface area (Å²) in [5, 5.41) is 3.99. The summed E-state index contributed by atoms with van der Waals surface area (Å²) in [4.78, 5) is 0. The first-order valence-electron chi connectivity index (χ1n) is 15.8. The maximum absolute atomic E-state index is 2.64. The molecule has 0 saturated heterocycles. The van der Waals surface area contributed by atoms with E-state index in [4.69, 9.17) is 0 Å². The van der Waals surface area contributed by atoms with Crippen LogP contribution in [-0.4, -0.2) is 0 Å². The average Bonchev–Trinajstić information content (AvgIpc) is 3.64. The molecule has 2 heteroatoms. The zero-order valence-corrected chi connectivity index (χ0v) is 25.0. The molecule has 2 nitrogen and oxygen atoms in total. The van der Waals surface area contributed by atoms with Gasteiger partial charge in [0.1, 0.15) is 11.1 Å². The van der Waals surface area contributed by atoms with Crippen molar-refractivity contribution in [2.45, 2.75) is 37.3 Å². The van der Waals surface area contributed by atoms with Crippen LogP contribution in [0.15, 0.2) is 128 Å². The number of fused-ring (bicyclic) bond motifs is 9. The average molecular weight is 563 g/mol. The number of hydrogen-bond donors (Lipinski definition) is 0. The molecule has 1 unspecified atom stereocenters. The maximum atomic E-state index is 2.64. The Balaban J connectivity index is 1.45. The molecule has 206 valence electrons. The van der Waals surface area contributed by atoms with Crippen LogP contribution in [0.5, 0.6) is 0 Å². The normalized spacial score (nSPS) is 18.6. The number of rotatable bonds is 0. The van der Waals surface area contributed by atoms with Gasteiger partial charge in [0.15, 0.2) is 12.4 Å². The molecule has 5 aromatic carbocycles. The Hall–Kier alpha value is -5.08. The molecule has 2 aliphatic heterocycles. The van der Waals surface area contributed by atoms with Crippen LogP contribution in [0.3, 0.4) is 0 Å². The van der Waals surface area contributed by atoms with Gasteiger partial charge in [-0.2, -0.15) is 0 Å². The molecule has 0 fully saturated rings. The van der Waals surface area contributed by atoms with Gasteiger partial charge in [-0.25, -0.2) is 0 Å². The lowest BCUT2D eigenvalue weighted by molar-refractivity contribution is -0.950. The molecule has 0 saturated carbocycles. The molecule has 0 N–H and O–H groups in total. The molecule has 0 amide bonds. The molecule has 4 heterocycles. The third-order valence-electron chi connectivity index (χ3n) is 11.3. The molecule has 0 radical (unpaired) electrons. The fraction of sp³-hybridized carbons (Fsp3) is 0.143. The maximum Gasteiger partial charge on any atom is 0.418 e. The van der Waals surface area contributed by atoms with Crippen LogP contribution in [0.2, 0.25) is 0 Å². The molecule has 1 atom stereocenters. The van der Waals surface area contributed by atoms with Crippen molar-refractivity contribution in [1.29, 1.82) is 0 Å². The fourth-order valence-electron chi connectivity index (χ4n) is 9.63. The van der Waals surface area contributed by atoms with Crippen molar-refractivity contribution in [3.05, 3.63) is 167 Å². The minimum Gasteiger partial charge on any atom is -0.125 e. The largest absolute Gasteiger partial charge is 0.418 e. The summed E-state index contributed by atoms with van der Waals surface area (Å²) in [6.45, 7) is 6.98. The summed E-state index contributed by atoms with van der Waals surface area (Å²) in [7, 11) is 0. The Morgan fingerprint density at radius 1 is 0.523 bits per heavy atom. The molecule has 2 aliphatic carbocycles. The molecule has 2 spiro atoms. The quantitative estimate of drug-likeness (QED) is 0.130. The molecule has 2 aromatic heterocycles. The van der Waals surface area contributed by atoms with Crippen molar-refractivity contribution >= 4 is 21.7 Å². The predicted molar refractivity (Wildman–Crippen MR) is 175 cm³/mol. The van der Waals surface area contributed by atoms with Gasteiger partial charge in [-0.3, -0.25) is 0 Å². The van der Waals surface area contributed by atoms with E-state index in [0.29, 0.717) is 0 Å². The topological polar surface area (TPSA) is 7.76 Å². The van der Waals surface area contributed by atoms with Crippen LogP contribution in [0.1, 0.15) is 59.7 Å². The van der Waals surface area contributed by atoms with Gasteiger partial charge in [0.2, 0.25) is 11.2 Å². The smallest absolute Gasteiger partial charge is 0.125 e. The van der Waals surface area contributed by atoms with E-state index in [1.807, 2.05) is 0 Å². The van der Waals surface area contributed by atoms with E-state index in [0.717, 1.165) is 0 Å². The van der Waals surface area contributed by atoms with Crippen LogP contribution in [0.4, 0.5) is 0 Å². The summed E-state index contributed by atoms with van der Waals surface area (Å²) >= 11 is 0. The second-order valence-corrected chi connectivity index (χ2v) is 14.1. The minimum absolute atomic E-state index is 0.0203. The lowest BCUT2D eigenvalue weighted by Gasteiger charge is -2.41. The zero-order valence-electron chi connectivity index (χ0n) is 25.0. The Bertz CT molecular complexity index is 2450. The SMILES string of the molecule is CC(C)(C)c1ccc2[n+](c1)C13c4c-2cccc4C2(c4ccccc4-c4ccccc42)c2ccc4ccc5ccc[n+]1c5c4c23. The van der Waals surface area contributed by atoms with Crippen LogP contribution in [0, 0.1) is 0 Å². The minimum atomic E-state index is -0.516. The van der Waals surface area contributed by atoms with Crippen molar-refractivity contribution in [1.82, 2.24) is 0 Å². The number of pyridine rings is 2. The summed E-state index contributed by atoms with van der Waals surface area (Å²) in [6, 6.07) is 44.2. The van der Waals surface area contributed by atoms with E-state index < -0.39 is 11.1 Å². The number of nitrogens with zero attached hydrogens (tertiary/aromatic N) is 2. The Kier molecular flexibility index (Phi) is 3.81. The molecular weight excluding hydrogens is 532 g/mol. The third-order valence-corrected chi connectivity index (χ3v) is 11.3. The van der Waals surface area contributed by atoms with Crippen molar-refractivity contribution in [3.8, 4) is 22.4 Å². The molecule has 11 rings (SSSR count). The second kappa shape index (κ2) is 7.17. The van der Waals surface area contributed by atoms with Crippen molar-refractivity contribution < 1.29 is 9.13 Å². The number of aromatic nitrogens is 2. The van der Waals surface area contributed by atoms with Gasteiger partial charge in [-0.1, -0.05) is 99.6 Å². The van der Waals surface area contributed by atoms with Crippen LogP contribution >= 0.6 is 0 Å². The van der Waals surface area contributed by atoms with Gasteiger partial charge >= 0.3 is 5.66 Å². The Morgan fingerprint density at radius 3 is 1.95 bits per heavy atom. The van der Waals surface area contributed by atoms with E-state index in [9.17, 15) is 0 Å². The molecule has 44 heavy (non-hydrogen) atoms. The van der Waals surface area contributed by atoms with Gasteiger partial charge in [-0.05, 0) is 68.4 Å². The summed E-state index contributed by atoms with van der Waals surface area (Å²) in [5.74, 6) is 0. The van der Waals surface area contributed by atoms with E-state index in [2.05, 4.69) is 158 Å². The first kappa shape index (κ1) is 23.4. The zero-order chi connectivity index (χ0) is 29.2. The first-order chi connectivity index (χ1) is 21.5. The lowest BCUT2D eigenvalue weighted by atomic mass is 9.58. The van der Waals surface area contributed by atoms with Crippen LogP contribution < -0.4 is 9.13 Å². The van der Waals surface area contributed by atoms with E-state index in [1.54, 1.807) is 0 Å². The molecular formula is C42H30N2+2. The van der Waals surface area contributed by atoms with E-state index >= 15 is 0 Å². The number of benzene rings is 5. The Morgan fingerprint density at radius 2 is 1.18 bits per heavy atom. The second-order valence-electron chi connectivity index (χ2n) is 14.1. The van der Waals surface area contributed by atoms with Crippen molar-refractivity contribution in [2.24, 2.45) is 0 Å². The summed E-state index contributed by atoms with van der Waals surface area (Å²) in [6.07, 6.45) is 4.81. The molecule has 4 aliphatic rings. The highest BCUT2D eigenvalue weighted by Gasteiger charge is 2.73. The summed E-state index contributed by atoms with van der Waals surface area (Å²) in [5.41, 5.74) is 15.5. The Labute approximate surface area is 256 Å².